The number of aliphatic carboxylic acids is 1. The highest BCUT2D eigenvalue weighted by Crippen LogP contribution is 2.38. The summed E-state index contributed by atoms with van der Waals surface area (Å²) in [7, 11) is 0. The van der Waals surface area contributed by atoms with Crippen LogP contribution in [0.2, 0.25) is 0 Å². The number of fused-ring (bicyclic) bond motifs is 1. The maximum Gasteiger partial charge on any atom is 0.328 e. The molecule has 1 aliphatic rings. The van der Waals surface area contributed by atoms with E-state index in [2.05, 4.69) is 0 Å². The molecule has 1 N–H and O–H groups in total. The van der Waals surface area contributed by atoms with E-state index in [1.165, 1.54) is 0 Å². The van der Waals surface area contributed by atoms with Crippen LogP contribution in [0.25, 0.3) is 5.57 Å². The molecular weight excluding hydrogens is 254 g/mol. The van der Waals surface area contributed by atoms with Crippen molar-refractivity contribution in [1.82, 2.24) is 0 Å². The molecule has 0 aromatic heterocycles. The Hall–Kier alpha value is -2.36. The van der Waals surface area contributed by atoms with Gasteiger partial charge in [0.15, 0.2) is 0 Å². The molecule has 20 heavy (non-hydrogen) atoms. The highest BCUT2D eigenvalue weighted by molar-refractivity contribution is 6.07. The maximum atomic E-state index is 12.3. The van der Waals surface area contributed by atoms with Crippen molar-refractivity contribution in [3.05, 3.63) is 48.1 Å². The summed E-state index contributed by atoms with van der Waals surface area (Å²) in [5, 5.41) is 8.66. The largest absolute Gasteiger partial charge is 0.478 e. The van der Waals surface area contributed by atoms with E-state index in [9.17, 15) is 9.59 Å². The van der Waals surface area contributed by atoms with Gasteiger partial charge in [0.1, 0.15) is 0 Å². The molecule has 1 heterocycles. The first-order valence-corrected chi connectivity index (χ1v) is 6.37. The van der Waals surface area contributed by atoms with Crippen LogP contribution in [0.15, 0.2) is 42.5 Å². The average molecular weight is 271 g/mol. The highest BCUT2D eigenvalue weighted by atomic mass is 16.4. The summed E-state index contributed by atoms with van der Waals surface area (Å²) < 4.78 is 0. The number of amides is 1. The SMILES string of the molecule is CC1=CC(C)(C)N(C(=O)/C=C/C(=O)O)c2ccccc21. The fourth-order valence-corrected chi connectivity index (χ4v) is 2.60. The van der Waals surface area contributed by atoms with Gasteiger partial charge in [0.25, 0.3) is 5.91 Å². The smallest absolute Gasteiger partial charge is 0.328 e. The Morgan fingerprint density at radius 3 is 2.50 bits per heavy atom. The number of para-hydroxylation sites is 1. The molecule has 0 atom stereocenters. The number of carboxylic acid groups (broad SMARTS) is 1. The molecule has 2 rings (SSSR count). The fourth-order valence-electron chi connectivity index (χ4n) is 2.60. The van der Waals surface area contributed by atoms with Gasteiger partial charge in [0, 0.05) is 17.7 Å². The average Bonchev–Trinajstić information content (AvgIpc) is 2.35. The van der Waals surface area contributed by atoms with Gasteiger partial charge in [-0.25, -0.2) is 4.79 Å². The van der Waals surface area contributed by atoms with Crippen molar-refractivity contribution in [3.8, 4) is 0 Å². The van der Waals surface area contributed by atoms with Crippen LogP contribution in [-0.4, -0.2) is 22.5 Å². The van der Waals surface area contributed by atoms with Crippen LogP contribution in [-0.2, 0) is 9.59 Å². The number of allylic oxidation sites excluding steroid dienone is 1. The summed E-state index contributed by atoms with van der Waals surface area (Å²) in [4.78, 5) is 24.5. The van der Waals surface area contributed by atoms with E-state index < -0.39 is 11.5 Å². The third-order valence-corrected chi connectivity index (χ3v) is 3.30. The second-order valence-corrected chi connectivity index (χ2v) is 5.34. The molecule has 1 aromatic carbocycles. The number of carbonyl (C=O) groups is 2. The first-order chi connectivity index (χ1) is 9.33. The van der Waals surface area contributed by atoms with Gasteiger partial charge >= 0.3 is 5.97 Å². The van der Waals surface area contributed by atoms with Gasteiger partial charge in [-0.2, -0.15) is 0 Å². The van der Waals surface area contributed by atoms with Crippen molar-refractivity contribution in [3.63, 3.8) is 0 Å². The molecule has 0 saturated heterocycles. The minimum Gasteiger partial charge on any atom is -0.478 e. The summed E-state index contributed by atoms with van der Waals surface area (Å²) in [6.45, 7) is 5.87. The molecule has 0 radical (unpaired) electrons. The highest BCUT2D eigenvalue weighted by Gasteiger charge is 2.34. The third-order valence-electron chi connectivity index (χ3n) is 3.30. The lowest BCUT2D eigenvalue weighted by Crippen LogP contribution is -2.48. The minimum absolute atomic E-state index is 0.339. The summed E-state index contributed by atoms with van der Waals surface area (Å²) in [5.41, 5.74) is 2.40. The molecule has 0 aliphatic carbocycles. The van der Waals surface area contributed by atoms with Gasteiger partial charge in [0.2, 0.25) is 0 Å². The Morgan fingerprint density at radius 2 is 1.85 bits per heavy atom. The van der Waals surface area contributed by atoms with Crippen LogP contribution in [0.5, 0.6) is 0 Å². The zero-order chi connectivity index (χ0) is 14.9. The molecular formula is C16H17NO3. The topological polar surface area (TPSA) is 57.6 Å². The molecule has 1 aliphatic heterocycles. The Bertz CT molecular complexity index is 626. The lowest BCUT2D eigenvalue weighted by molar-refractivity contribution is -0.131. The van der Waals surface area contributed by atoms with E-state index in [0.717, 1.165) is 29.0 Å². The van der Waals surface area contributed by atoms with Crippen LogP contribution in [0.3, 0.4) is 0 Å². The molecule has 4 heteroatoms. The number of carboxylic acids is 1. The molecule has 0 unspecified atom stereocenters. The van der Waals surface area contributed by atoms with Crippen LogP contribution in [0.1, 0.15) is 26.3 Å². The summed E-state index contributed by atoms with van der Waals surface area (Å²) in [6, 6.07) is 7.62. The van der Waals surface area contributed by atoms with Crippen molar-refractivity contribution in [2.24, 2.45) is 0 Å². The van der Waals surface area contributed by atoms with Crippen LogP contribution < -0.4 is 4.90 Å². The molecule has 1 amide bonds. The maximum absolute atomic E-state index is 12.3. The summed E-state index contributed by atoms with van der Waals surface area (Å²) in [5.74, 6) is -1.47. The Morgan fingerprint density at radius 1 is 1.20 bits per heavy atom. The second kappa shape index (κ2) is 4.96. The second-order valence-electron chi connectivity index (χ2n) is 5.34. The number of carbonyl (C=O) groups excluding carboxylic acids is 1. The van der Waals surface area contributed by atoms with Crippen molar-refractivity contribution < 1.29 is 14.7 Å². The van der Waals surface area contributed by atoms with E-state index in [0.29, 0.717) is 0 Å². The summed E-state index contributed by atoms with van der Waals surface area (Å²) >= 11 is 0. The predicted molar refractivity (Wildman–Crippen MR) is 78.4 cm³/mol. The van der Waals surface area contributed by atoms with Gasteiger partial charge in [-0.15, -0.1) is 0 Å². The number of hydrogen-bond donors (Lipinski definition) is 1. The number of nitrogens with zero attached hydrogens (tertiary/aromatic N) is 1. The standard InChI is InChI=1S/C16H17NO3/c1-11-10-16(2,3)17(14(18)8-9-15(19)20)13-7-5-4-6-12(11)13/h4-10H,1-3H3,(H,19,20)/b9-8+. The third kappa shape index (κ3) is 2.50. The van der Waals surface area contributed by atoms with Crippen molar-refractivity contribution in [1.29, 1.82) is 0 Å². The van der Waals surface area contributed by atoms with Gasteiger partial charge in [0.05, 0.1) is 11.2 Å². The molecule has 4 nitrogen and oxygen atoms in total. The Kier molecular flexibility index (Phi) is 3.49. The lowest BCUT2D eigenvalue weighted by atomic mass is 9.88. The molecule has 1 aromatic rings. The van der Waals surface area contributed by atoms with E-state index in [1.807, 2.05) is 51.1 Å². The minimum atomic E-state index is -1.13. The van der Waals surface area contributed by atoms with Crippen molar-refractivity contribution >= 4 is 23.1 Å². The van der Waals surface area contributed by atoms with Crippen LogP contribution in [0.4, 0.5) is 5.69 Å². The normalized spacial score (nSPS) is 16.8. The molecule has 0 fully saturated rings. The van der Waals surface area contributed by atoms with Crippen molar-refractivity contribution in [2.75, 3.05) is 4.90 Å². The number of benzene rings is 1. The van der Waals surface area contributed by atoms with Gasteiger partial charge < -0.3 is 5.11 Å². The zero-order valence-electron chi connectivity index (χ0n) is 11.8. The quantitative estimate of drug-likeness (QED) is 0.841. The zero-order valence-corrected chi connectivity index (χ0v) is 11.8. The fraction of sp³-hybridized carbons (Fsp3) is 0.250. The van der Waals surface area contributed by atoms with E-state index in [-0.39, 0.29) is 5.91 Å². The van der Waals surface area contributed by atoms with E-state index in [4.69, 9.17) is 5.11 Å². The van der Waals surface area contributed by atoms with Gasteiger partial charge in [-0.05, 0) is 32.4 Å². The molecule has 0 saturated carbocycles. The first-order valence-electron chi connectivity index (χ1n) is 6.37. The molecule has 0 spiro atoms. The number of hydrogen-bond acceptors (Lipinski definition) is 2. The molecule has 104 valence electrons. The number of rotatable bonds is 2. The van der Waals surface area contributed by atoms with Crippen LogP contribution in [0, 0.1) is 0 Å². The van der Waals surface area contributed by atoms with Crippen molar-refractivity contribution in [2.45, 2.75) is 26.3 Å². The van der Waals surface area contributed by atoms with E-state index in [1.54, 1.807) is 4.90 Å². The van der Waals surface area contributed by atoms with E-state index >= 15 is 0 Å². The van der Waals surface area contributed by atoms with Gasteiger partial charge in [-0.1, -0.05) is 24.3 Å². The monoisotopic (exact) mass is 271 g/mol. The summed E-state index contributed by atoms with van der Waals surface area (Å²) in [6.07, 6.45) is 3.98. The van der Waals surface area contributed by atoms with Gasteiger partial charge in [-0.3, -0.25) is 9.69 Å². The first kappa shape index (κ1) is 14.1. The van der Waals surface area contributed by atoms with Crippen LogP contribution >= 0.6 is 0 Å². The molecule has 0 bridgehead atoms. The Labute approximate surface area is 118 Å². The lowest BCUT2D eigenvalue weighted by Gasteiger charge is -2.41. The number of anilines is 1. The Balaban J connectivity index is 2.51. The predicted octanol–water partition coefficient (Wildman–Crippen LogP) is 2.86.